The monoisotopic (exact) mass is 323 g/mol. The smallest absolute Gasteiger partial charge is 0.224 e. The normalized spacial score (nSPS) is 15.6. The van der Waals surface area contributed by atoms with Crippen molar-refractivity contribution in [3.8, 4) is 0 Å². The highest BCUT2D eigenvalue weighted by Gasteiger charge is 2.20. The fourth-order valence-electron chi connectivity index (χ4n) is 2.51. The van der Waals surface area contributed by atoms with Gasteiger partial charge in [0.1, 0.15) is 0 Å². The molecule has 1 heterocycles. The fourth-order valence-corrected chi connectivity index (χ4v) is 2.63. The first kappa shape index (κ1) is 16.8. The lowest BCUT2D eigenvalue weighted by Crippen LogP contribution is -2.48. The van der Waals surface area contributed by atoms with E-state index in [-0.39, 0.29) is 11.8 Å². The molecule has 1 aliphatic rings. The first-order valence-electron chi connectivity index (χ1n) is 7.53. The van der Waals surface area contributed by atoms with Gasteiger partial charge >= 0.3 is 0 Å². The van der Waals surface area contributed by atoms with E-state index < -0.39 is 0 Å². The van der Waals surface area contributed by atoms with Crippen molar-refractivity contribution in [2.24, 2.45) is 0 Å². The summed E-state index contributed by atoms with van der Waals surface area (Å²) in [6, 6.07) is 7.87. The highest BCUT2D eigenvalue weighted by atomic mass is 35.5. The maximum atomic E-state index is 12.0. The third-order valence-electron chi connectivity index (χ3n) is 3.76. The van der Waals surface area contributed by atoms with Crippen molar-refractivity contribution in [2.45, 2.75) is 19.9 Å². The predicted molar refractivity (Wildman–Crippen MR) is 86.6 cm³/mol. The van der Waals surface area contributed by atoms with Gasteiger partial charge in [0, 0.05) is 57.6 Å². The van der Waals surface area contributed by atoms with Gasteiger partial charge in [-0.15, -0.1) is 0 Å². The van der Waals surface area contributed by atoms with Gasteiger partial charge in [0.2, 0.25) is 11.8 Å². The number of carbonyl (C=O) groups is 2. The van der Waals surface area contributed by atoms with Crippen LogP contribution in [-0.2, 0) is 16.1 Å². The van der Waals surface area contributed by atoms with Gasteiger partial charge in [-0.25, -0.2) is 0 Å². The van der Waals surface area contributed by atoms with Crippen LogP contribution in [0.1, 0.15) is 18.9 Å². The molecule has 1 N–H and O–H groups in total. The van der Waals surface area contributed by atoms with Crippen LogP contribution in [0.3, 0.4) is 0 Å². The Hall–Kier alpha value is -1.59. The lowest BCUT2D eigenvalue weighted by atomic mass is 10.2. The van der Waals surface area contributed by atoms with Crippen LogP contribution in [0.25, 0.3) is 0 Å². The number of piperazine rings is 1. The second-order valence-electron chi connectivity index (χ2n) is 5.52. The summed E-state index contributed by atoms with van der Waals surface area (Å²) in [6.45, 7) is 5.98. The number of nitrogens with one attached hydrogen (secondary N) is 1. The van der Waals surface area contributed by atoms with Gasteiger partial charge in [0.25, 0.3) is 0 Å². The number of hydrogen-bond donors (Lipinski definition) is 1. The summed E-state index contributed by atoms with van der Waals surface area (Å²) in [5, 5.41) is 3.40. The van der Waals surface area contributed by atoms with Crippen molar-refractivity contribution in [2.75, 3.05) is 32.7 Å². The molecule has 2 rings (SSSR count). The van der Waals surface area contributed by atoms with Crippen molar-refractivity contribution in [3.63, 3.8) is 0 Å². The molecule has 5 nitrogen and oxygen atoms in total. The summed E-state index contributed by atoms with van der Waals surface area (Å²) >= 11 is 5.89. The van der Waals surface area contributed by atoms with Crippen molar-refractivity contribution in [3.05, 3.63) is 34.9 Å². The zero-order valence-corrected chi connectivity index (χ0v) is 13.6. The van der Waals surface area contributed by atoms with Gasteiger partial charge in [-0.05, 0) is 17.7 Å². The lowest BCUT2D eigenvalue weighted by molar-refractivity contribution is -0.133. The van der Waals surface area contributed by atoms with Crippen LogP contribution in [0.5, 0.6) is 0 Å². The van der Waals surface area contributed by atoms with E-state index in [1.165, 1.54) is 12.5 Å². The van der Waals surface area contributed by atoms with Crippen molar-refractivity contribution in [1.29, 1.82) is 0 Å². The summed E-state index contributed by atoms with van der Waals surface area (Å²) in [4.78, 5) is 27.0. The molecule has 1 aliphatic heterocycles. The van der Waals surface area contributed by atoms with E-state index in [0.29, 0.717) is 13.0 Å². The average molecular weight is 324 g/mol. The molecule has 0 aromatic heterocycles. The molecule has 1 aromatic rings. The minimum Gasteiger partial charge on any atom is -0.356 e. The Bertz CT molecular complexity index is 511. The van der Waals surface area contributed by atoms with E-state index in [1.807, 2.05) is 29.2 Å². The lowest BCUT2D eigenvalue weighted by Gasteiger charge is -2.34. The molecule has 1 aromatic carbocycles. The fraction of sp³-hybridized carbons (Fsp3) is 0.500. The Morgan fingerprint density at radius 3 is 2.36 bits per heavy atom. The van der Waals surface area contributed by atoms with Crippen LogP contribution in [0.15, 0.2) is 24.3 Å². The van der Waals surface area contributed by atoms with Gasteiger partial charge in [-0.3, -0.25) is 14.5 Å². The molecule has 0 atom stereocenters. The molecular weight excluding hydrogens is 302 g/mol. The third-order valence-corrected chi connectivity index (χ3v) is 4.01. The number of carbonyl (C=O) groups excluding carboxylic acids is 2. The average Bonchev–Trinajstić information content (AvgIpc) is 2.50. The summed E-state index contributed by atoms with van der Waals surface area (Å²) in [6.07, 6.45) is 0.372. The number of rotatable bonds is 5. The van der Waals surface area contributed by atoms with E-state index in [4.69, 9.17) is 11.6 Å². The third kappa shape index (κ3) is 5.31. The van der Waals surface area contributed by atoms with E-state index in [9.17, 15) is 9.59 Å². The summed E-state index contributed by atoms with van der Waals surface area (Å²) in [5.74, 6) is 0.0143. The number of hydrogen-bond acceptors (Lipinski definition) is 3. The Morgan fingerprint density at radius 1 is 1.14 bits per heavy atom. The molecule has 0 bridgehead atoms. The second-order valence-corrected chi connectivity index (χ2v) is 5.95. The molecular formula is C16H22ClN3O2. The van der Waals surface area contributed by atoms with E-state index >= 15 is 0 Å². The van der Waals surface area contributed by atoms with E-state index in [1.54, 1.807) is 0 Å². The molecule has 0 radical (unpaired) electrons. The highest BCUT2D eigenvalue weighted by Crippen LogP contribution is 2.13. The first-order valence-corrected chi connectivity index (χ1v) is 7.91. The zero-order chi connectivity index (χ0) is 15.9. The maximum absolute atomic E-state index is 12.0. The Balaban J connectivity index is 1.72. The molecule has 6 heteroatoms. The predicted octanol–water partition coefficient (Wildman–Crippen LogP) is 1.51. The Kier molecular flexibility index (Phi) is 6.21. The topological polar surface area (TPSA) is 52.7 Å². The van der Waals surface area contributed by atoms with Crippen LogP contribution in [0.4, 0.5) is 0 Å². The molecule has 0 saturated carbocycles. The van der Waals surface area contributed by atoms with Gasteiger partial charge in [-0.2, -0.15) is 0 Å². The first-order chi connectivity index (χ1) is 10.5. The van der Waals surface area contributed by atoms with Crippen molar-refractivity contribution >= 4 is 23.4 Å². The molecule has 0 unspecified atom stereocenters. The molecule has 0 spiro atoms. The minimum atomic E-state index is -0.0967. The van der Waals surface area contributed by atoms with Crippen molar-refractivity contribution < 1.29 is 9.59 Å². The number of nitrogens with zero attached hydrogens (tertiary/aromatic N) is 2. The SMILES string of the molecule is CC(=O)NCCC(=O)N1CCN(Cc2ccc(Cl)cc2)CC1. The molecule has 120 valence electrons. The van der Waals surface area contributed by atoms with E-state index in [0.717, 1.165) is 37.7 Å². The number of amides is 2. The highest BCUT2D eigenvalue weighted by molar-refractivity contribution is 6.30. The molecule has 1 saturated heterocycles. The summed E-state index contributed by atoms with van der Waals surface area (Å²) in [5.41, 5.74) is 1.23. The van der Waals surface area contributed by atoms with Gasteiger partial charge < -0.3 is 10.2 Å². The second kappa shape index (κ2) is 8.15. The molecule has 2 amide bonds. The number of halogens is 1. The van der Waals surface area contributed by atoms with Crippen molar-refractivity contribution in [1.82, 2.24) is 15.1 Å². The zero-order valence-electron chi connectivity index (χ0n) is 12.8. The maximum Gasteiger partial charge on any atom is 0.224 e. The summed E-state index contributed by atoms with van der Waals surface area (Å²) in [7, 11) is 0. The van der Waals surface area contributed by atoms with Crippen LogP contribution in [0, 0.1) is 0 Å². The van der Waals surface area contributed by atoms with Gasteiger partial charge in [-0.1, -0.05) is 23.7 Å². The van der Waals surface area contributed by atoms with Crippen LogP contribution in [-0.4, -0.2) is 54.3 Å². The molecule has 22 heavy (non-hydrogen) atoms. The van der Waals surface area contributed by atoms with Crippen LogP contribution in [0.2, 0.25) is 5.02 Å². The Labute approximate surface area is 136 Å². The molecule has 0 aliphatic carbocycles. The quantitative estimate of drug-likeness (QED) is 0.893. The largest absolute Gasteiger partial charge is 0.356 e. The summed E-state index contributed by atoms with van der Waals surface area (Å²) < 4.78 is 0. The standard InChI is InChI=1S/C16H22ClN3O2/c1-13(21)18-7-6-16(22)20-10-8-19(9-11-20)12-14-2-4-15(17)5-3-14/h2-5H,6-12H2,1H3,(H,18,21). The van der Waals surface area contributed by atoms with Crippen LogP contribution >= 0.6 is 11.6 Å². The van der Waals surface area contributed by atoms with E-state index in [2.05, 4.69) is 10.2 Å². The number of benzene rings is 1. The minimum absolute atomic E-state index is 0.0967. The van der Waals surface area contributed by atoms with Gasteiger partial charge in [0.05, 0.1) is 0 Å². The Morgan fingerprint density at radius 2 is 1.77 bits per heavy atom. The van der Waals surface area contributed by atoms with Gasteiger partial charge in [0.15, 0.2) is 0 Å². The van der Waals surface area contributed by atoms with Crippen LogP contribution < -0.4 is 5.32 Å². The molecule has 1 fully saturated rings.